The van der Waals surface area contributed by atoms with Crippen LogP contribution in [0.5, 0.6) is 0 Å². The summed E-state index contributed by atoms with van der Waals surface area (Å²) in [5, 5.41) is 23.1. The highest BCUT2D eigenvalue weighted by Crippen LogP contribution is 2.72. The molecule has 2 aliphatic heterocycles. The maximum Gasteiger partial charge on any atom is 0.199 e. The van der Waals surface area contributed by atoms with Gasteiger partial charge in [0.1, 0.15) is 23.1 Å². The molecule has 4 aliphatic carbocycles. The van der Waals surface area contributed by atoms with Gasteiger partial charge in [-0.3, -0.25) is 14.4 Å². The van der Waals surface area contributed by atoms with Crippen LogP contribution >= 0.6 is 0 Å². The minimum absolute atomic E-state index is 0.0801. The number of fused-ring (bicyclic) bond motifs is 3. The SMILES string of the molecule is C[C@H]1[C@@H](O)[C@@]2(OC1(C)C)O[C@]13CC[C@H]([C@@H]2C)[C@@]1(C)C(=O)C=C1C3=CC(=O)C2(O)CC(=O)CCC12C. The molecule has 6 aliphatic rings. The smallest absolute Gasteiger partial charge is 0.199 e. The number of hydrogen-bond acceptors (Lipinski definition) is 7. The number of carbonyl (C=O) groups excluding carboxylic acids is 3. The molecule has 2 heterocycles. The first-order chi connectivity index (χ1) is 16.1. The second-order valence-electron chi connectivity index (χ2n) is 13.0. The summed E-state index contributed by atoms with van der Waals surface area (Å²) in [6, 6.07) is 0. The van der Waals surface area contributed by atoms with E-state index in [2.05, 4.69) is 0 Å². The zero-order chi connectivity index (χ0) is 25.6. The molecule has 0 aromatic heterocycles. The third-order valence-electron chi connectivity index (χ3n) is 11.4. The number of hydrogen-bond donors (Lipinski definition) is 2. The minimum atomic E-state index is -1.88. The van der Waals surface area contributed by atoms with E-state index in [0.29, 0.717) is 24.0 Å². The Bertz CT molecular complexity index is 1150. The fourth-order valence-electron chi connectivity index (χ4n) is 8.71. The van der Waals surface area contributed by atoms with Gasteiger partial charge >= 0.3 is 0 Å². The molecule has 2 saturated heterocycles. The largest absolute Gasteiger partial charge is 0.387 e. The summed E-state index contributed by atoms with van der Waals surface area (Å²) < 4.78 is 13.6. The third kappa shape index (κ3) is 2.32. The number of ketones is 3. The maximum absolute atomic E-state index is 14.0. The number of rotatable bonds is 0. The van der Waals surface area contributed by atoms with E-state index in [1.807, 2.05) is 34.6 Å². The fourth-order valence-corrected chi connectivity index (χ4v) is 8.71. The van der Waals surface area contributed by atoms with Gasteiger partial charge in [-0.05, 0) is 69.2 Å². The minimum Gasteiger partial charge on any atom is -0.387 e. The van der Waals surface area contributed by atoms with Gasteiger partial charge in [0.25, 0.3) is 0 Å². The standard InChI is InChI=1S/C28H36O7/c1-14-17-8-10-27(35-28(14)22(32)15(2)23(3,4)34-28)19-12-21(31)26(33)13-16(29)7-9-24(26,5)18(19)11-20(30)25(17,27)6/h11-12,14-15,17,22,32-33H,7-10,13H2,1-6H3/t14-,15-,17+,22+,24?,25-,26?,27-,28-/m0/s1. The molecule has 190 valence electrons. The molecule has 4 fully saturated rings. The van der Waals surface area contributed by atoms with Gasteiger partial charge in [0.2, 0.25) is 0 Å². The van der Waals surface area contributed by atoms with Crippen molar-refractivity contribution in [3.63, 3.8) is 0 Å². The van der Waals surface area contributed by atoms with E-state index in [9.17, 15) is 24.6 Å². The molecule has 7 nitrogen and oxygen atoms in total. The Morgan fingerprint density at radius 3 is 2.20 bits per heavy atom. The molecule has 1 spiro atoms. The molecule has 6 rings (SSSR count). The molecule has 2 saturated carbocycles. The molecule has 35 heavy (non-hydrogen) atoms. The van der Waals surface area contributed by atoms with Crippen molar-refractivity contribution in [1.82, 2.24) is 0 Å². The van der Waals surface area contributed by atoms with E-state index in [4.69, 9.17) is 9.47 Å². The number of allylic oxidation sites excluding steroid dienone is 1. The van der Waals surface area contributed by atoms with Crippen LogP contribution in [0.1, 0.15) is 73.6 Å². The summed E-state index contributed by atoms with van der Waals surface area (Å²) in [7, 11) is 0. The van der Waals surface area contributed by atoms with Crippen molar-refractivity contribution in [3.05, 3.63) is 23.3 Å². The second kappa shape index (κ2) is 6.42. The van der Waals surface area contributed by atoms with Crippen LogP contribution < -0.4 is 0 Å². The predicted octanol–water partition coefficient (Wildman–Crippen LogP) is 2.82. The van der Waals surface area contributed by atoms with Gasteiger partial charge in [-0.1, -0.05) is 20.8 Å². The highest BCUT2D eigenvalue weighted by atomic mass is 16.7. The van der Waals surface area contributed by atoms with Crippen molar-refractivity contribution >= 4 is 17.3 Å². The average molecular weight is 485 g/mol. The van der Waals surface area contributed by atoms with Crippen LogP contribution in [-0.2, 0) is 23.9 Å². The lowest BCUT2D eigenvalue weighted by atomic mass is 9.47. The van der Waals surface area contributed by atoms with E-state index in [-0.39, 0.29) is 48.6 Å². The molecule has 7 heteroatoms. The molecule has 2 bridgehead atoms. The van der Waals surface area contributed by atoms with E-state index in [1.54, 1.807) is 13.0 Å². The highest BCUT2D eigenvalue weighted by molar-refractivity contribution is 6.09. The molecular weight excluding hydrogens is 448 g/mol. The first-order valence-corrected chi connectivity index (χ1v) is 13.0. The fraction of sp³-hybridized carbons (Fsp3) is 0.750. The van der Waals surface area contributed by atoms with Crippen LogP contribution in [0.4, 0.5) is 0 Å². The lowest BCUT2D eigenvalue weighted by molar-refractivity contribution is -0.369. The maximum atomic E-state index is 14.0. The van der Waals surface area contributed by atoms with Crippen molar-refractivity contribution in [1.29, 1.82) is 0 Å². The molecule has 2 unspecified atom stereocenters. The normalized spacial score (nSPS) is 54.2. The van der Waals surface area contributed by atoms with Crippen molar-refractivity contribution < 1.29 is 34.1 Å². The van der Waals surface area contributed by atoms with Crippen molar-refractivity contribution in [2.75, 3.05) is 0 Å². The average Bonchev–Trinajstić information content (AvgIpc) is 3.11. The van der Waals surface area contributed by atoms with E-state index < -0.39 is 45.3 Å². The molecule has 2 N–H and O–H groups in total. The van der Waals surface area contributed by atoms with Gasteiger partial charge in [-0.15, -0.1) is 0 Å². The van der Waals surface area contributed by atoms with Crippen LogP contribution in [0.15, 0.2) is 23.3 Å². The quantitative estimate of drug-likeness (QED) is 0.544. The summed E-state index contributed by atoms with van der Waals surface area (Å²) in [5.74, 6) is -2.62. The van der Waals surface area contributed by atoms with Gasteiger partial charge < -0.3 is 19.7 Å². The molecule has 9 atom stereocenters. The van der Waals surface area contributed by atoms with Gasteiger partial charge in [0, 0.05) is 30.1 Å². The summed E-state index contributed by atoms with van der Waals surface area (Å²) in [5.41, 5.74) is -4.46. The van der Waals surface area contributed by atoms with Crippen LogP contribution in [0.25, 0.3) is 0 Å². The summed E-state index contributed by atoms with van der Waals surface area (Å²) >= 11 is 0. The topological polar surface area (TPSA) is 110 Å². The van der Waals surface area contributed by atoms with Crippen molar-refractivity contribution in [3.8, 4) is 0 Å². The monoisotopic (exact) mass is 484 g/mol. The Morgan fingerprint density at radius 2 is 1.57 bits per heavy atom. The third-order valence-corrected chi connectivity index (χ3v) is 11.4. The Morgan fingerprint density at radius 1 is 0.914 bits per heavy atom. The van der Waals surface area contributed by atoms with E-state index in [0.717, 1.165) is 0 Å². The van der Waals surface area contributed by atoms with Gasteiger partial charge in [0.05, 0.1) is 11.0 Å². The van der Waals surface area contributed by atoms with E-state index in [1.165, 1.54) is 6.08 Å². The summed E-state index contributed by atoms with van der Waals surface area (Å²) in [6.45, 7) is 11.6. The molecule has 0 radical (unpaired) electrons. The van der Waals surface area contributed by atoms with Gasteiger partial charge in [-0.25, -0.2) is 0 Å². The van der Waals surface area contributed by atoms with Gasteiger partial charge in [0.15, 0.2) is 17.4 Å². The number of ether oxygens (including phenoxy) is 2. The Kier molecular flexibility index (Phi) is 4.35. The molecule has 0 aromatic carbocycles. The number of carbonyl (C=O) groups is 3. The number of aliphatic hydroxyl groups is 2. The van der Waals surface area contributed by atoms with Crippen LogP contribution in [-0.4, -0.2) is 56.3 Å². The number of aliphatic hydroxyl groups excluding tert-OH is 1. The predicted molar refractivity (Wildman–Crippen MR) is 125 cm³/mol. The second-order valence-corrected chi connectivity index (χ2v) is 13.0. The Labute approximate surface area is 205 Å². The summed E-state index contributed by atoms with van der Waals surface area (Å²) in [4.78, 5) is 39.9. The zero-order valence-electron chi connectivity index (χ0n) is 21.4. The van der Waals surface area contributed by atoms with Gasteiger partial charge in [-0.2, -0.15) is 0 Å². The molecule has 0 aromatic rings. The van der Waals surface area contributed by atoms with Crippen LogP contribution in [0.3, 0.4) is 0 Å². The van der Waals surface area contributed by atoms with Crippen molar-refractivity contribution in [2.24, 2.45) is 28.6 Å². The zero-order valence-corrected chi connectivity index (χ0v) is 21.4. The molecule has 0 amide bonds. The first kappa shape index (κ1) is 23.7. The lowest BCUT2D eigenvalue weighted by Crippen LogP contribution is -2.71. The highest BCUT2D eigenvalue weighted by Gasteiger charge is 2.79. The van der Waals surface area contributed by atoms with Crippen LogP contribution in [0.2, 0.25) is 0 Å². The first-order valence-electron chi connectivity index (χ1n) is 13.0. The number of Topliss-reactive ketones (excluding diaryl/α,β-unsaturated/α-hetero) is 1. The van der Waals surface area contributed by atoms with E-state index >= 15 is 0 Å². The van der Waals surface area contributed by atoms with Crippen molar-refractivity contribution in [2.45, 2.75) is 102 Å². The lowest BCUT2D eigenvalue weighted by Gasteiger charge is -2.63. The Hall–Kier alpha value is -1.67. The molecular formula is C28H36O7. The summed E-state index contributed by atoms with van der Waals surface area (Å²) in [6.07, 6.45) is 3.63. The Balaban J connectivity index is 1.59. The van der Waals surface area contributed by atoms with Crippen LogP contribution in [0, 0.1) is 28.6 Å².